The highest BCUT2D eigenvalue weighted by molar-refractivity contribution is 5.98. The van der Waals surface area contributed by atoms with Crippen molar-refractivity contribution in [2.75, 3.05) is 13.2 Å². The molecule has 0 fully saturated rings. The van der Waals surface area contributed by atoms with Crippen molar-refractivity contribution in [3.8, 4) is 5.75 Å². The van der Waals surface area contributed by atoms with Crippen molar-refractivity contribution in [3.05, 3.63) is 64.6 Å². The lowest BCUT2D eigenvalue weighted by Crippen LogP contribution is -2.42. The second kappa shape index (κ2) is 7.44. The molecule has 0 unspecified atom stereocenters. The summed E-state index contributed by atoms with van der Waals surface area (Å²) in [5.74, 6) is 1.17. The number of carbonyl (C=O) groups excluding carboxylic acids is 1. The molecule has 3 aromatic rings. The SMILES string of the molecule is Cc1nc(C(C)(C)NC(=O)c2cccc3c2OCCNC3)c2cccc(C)c2n1. The molecule has 0 spiro atoms. The number of para-hydroxylation sites is 2. The van der Waals surface area contributed by atoms with Crippen LogP contribution in [0.1, 0.15) is 46.9 Å². The minimum absolute atomic E-state index is 0.175. The second-order valence-electron chi connectivity index (χ2n) is 7.99. The Balaban J connectivity index is 1.73. The van der Waals surface area contributed by atoms with Gasteiger partial charge in [-0.2, -0.15) is 0 Å². The number of aryl methyl sites for hydroxylation is 2. The summed E-state index contributed by atoms with van der Waals surface area (Å²) in [6.45, 7) is 9.84. The number of rotatable bonds is 3. The fourth-order valence-electron chi connectivity index (χ4n) is 3.82. The molecule has 150 valence electrons. The van der Waals surface area contributed by atoms with Crippen LogP contribution in [-0.4, -0.2) is 29.0 Å². The lowest BCUT2D eigenvalue weighted by Gasteiger charge is -2.28. The molecule has 0 atom stereocenters. The Morgan fingerprint density at radius 2 is 1.93 bits per heavy atom. The molecule has 0 bridgehead atoms. The van der Waals surface area contributed by atoms with Crippen LogP contribution in [0.25, 0.3) is 10.9 Å². The number of hydrogen-bond donors (Lipinski definition) is 2. The molecule has 2 aromatic carbocycles. The molecule has 2 heterocycles. The Bertz CT molecular complexity index is 1090. The highest BCUT2D eigenvalue weighted by Gasteiger charge is 2.29. The van der Waals surface area contributed by atoms with Gasteiger partial charge < -0.3 is 15.4 Å². The summed E-state index contributed by atoms with van der Waals surface area (Å²) in [7, 11) is 0. The van der Waals surface area contributed by atoms with Gasteiger partial charge in [0.1, 0.15) is 18.2 Å². The Kier molecular flexibility index (Phi) is 4.96. The van der Waals surface area contributed by atoms with Gasteiger partial charge in [-0.05, 0) is 39.3 Å². The predicted molar refractivity (Wildman–Crippen MR) is 113 cm³/mol. The van der Waals surface area contributed by atoms with E-state index in [0.29, 0.717) is 30.3 Å². The van der Waals surface area contributed by atoms with Crippen LogP contribution in [-0.2, 0) is 12.1 Å². The summed E-state index contributed by atoms with van der Waals surface area (Å²) in [4.78, 5) is 22.6. The zero-order chi connectivity index (χ0) is 20.6. The zero-order valence-electron chi connectivity index (χ0n) is 17.3. The summed E-state index contributed by atoms with van der Waals surface area (Å²) in [6.07, 6.45) is 0. The number of aromatic nitrogens is 2. The summed E-state index contributed by atoms with van der Waals surface area (Å²) < 4.78 is 5.88. The first-order valence-corrected chi connectivity index (χ1v) is 9.89. The smallest absolute Gasteiger partial charge is 0.255 e. The molecule has 0 saturated carbocycles. The van der Waals surface area contributed by atoms with E-state index in [0.717, 1.165) is 34.3 Å². The molecule has 1 aliphatic rings. The molecule has 1 aliphatic heterocycles. The standard InChI is InChI=1S/C23H26N4O2/c1-14-7-5-9-17-19(14)25-15(2)26-21(17)23(3,4)27-22(28)18-10-6-8-16-13-24-11-12-29-20(16)18/h5-10,24H,11-13H2,1-4H3,(H,27,28). The maximum absolute atomic E-state index is 13.3. The lowest BCUT2D eigenvalue weighted by molar-refractivity contribution is 0.0907. The fraction of sp³-hybridized carbons (Fsp3) is 0.348. The maximum Gasteiger partial charge on any atom is 0.255 e. The van der Waals surface area contributed by atoms with Gasteiger partial charge in [-0.1, -0.05) is 30.3 Å². The number of carbonyl (C=O) groups is 1. The van der Waals surface area contributed by atoms with Crippen LogP contribution in [0.3, 0.4) is 0 Å². The van der Waals surface area contributed by atoms with E-state index in [2.05, 4.69) is 15.6 Å². The Morgan fingerprint density at radius 1 is 1.14 bits per heavy atom. The van der Waals surface area contributed by atoms with E-state index in [1.165, 1.54) is 0 Å². The van der Waals surface area contributed by atoms with Crippen molar-refractivity contribution < 1.29 is 9.53 Å². The molecule has 1 aromatic heterocycles. The minimum atomic E-state index is -0.692. The molecular formula is C23H26N4O2. The average Bonchev–Trinajstić information content (AvgIpc) is 2.93. The van der Waals surface area contributed by atoms with Crippen molar-refractivity contribution in [1.82, 2.24) is 20.6 Å². The lowest BCUT2D eigenvalue weighted by atomic mass is 9.94. The monoisotopic (exact) mass is 390 g/mol. The molecule has 0 aliphatic carbocycles. The maximum atomic E-state index is 13.3. The molecule has 29 heavy (non-hydrogen) atoms. The van der Waals surface area contributed by atoms with Crippen molar-refractivity contribution in [2.45, 2.75) is 39.8 Å². The van der Waals surface area contributed by atoms with Gasteiger partial charge in [0.15, 0.2) is 0 Å². The van der Waals surface area contributed by atoms with Gasteiger partial charge in [0.25, 0.3) is 5.91 Å². The van der Waals surface area contributed by atoms with E-state index in [9.17, 15) is 4.79 Å². The molecule has 2 N–H and O–H groups in total. The van der Waals surface area contributed by atoms with Crippen molar-refractivity contribution in [1.29, 1.82) is 0 Å². The summed E-state index contributed by atoms with van der Waals surface area (Å²) in [5.41, 5.74) is 3.66. The number of nitrogens with zero attached hydrogens (tertiary/aromatic N) is 2. The highest BCUT2D eigenvalue weighted by Crippen LogP contribution is 2.30. The molecule has 6 nitrogen and oxygen atoms in total. The van der Waals surface area contributed by atoms with Gasteiger partial charge in [-0.25, -0.2) is 9.97 Å². The third kappa shape index (κ3) is 3.68. The third-order valence-corrected chi connectivity index (χ3v) is 5.24. The van der Waals surface area contributed by atoms with Gasteiger partial charge in [-0.3, -0.25) is 4.79 Å². The Hall–Kier alpha value is -2.99. The van der Waals surface area contributed by atoms with E-state index < -0.39 is 5.54 Å². The first kappa shape index (κ1) is 19.3. The zero-order valence-corrected chi connectivity index (χ0v) is 17.3. The van der Waals surface area contributed by atoms with Crippen LogP contribution in [0.4, 0.5) is 0 Å². The van der Waals surface area contributed by atoms with Crippen LogP contribution in [0.2, 0.25) is 0 Å². The molecular weight excluding hydrogens is 364 g/mol. The van der Waals surface area contributed by atoms with Gasteiger partial charge >= 0.3 is 0 Å². The molecule has 0 radical (unpaired) electrons. The number of fused-ring (bicyclic) bond motifs is 2. The van der Waals surface area contributed by atoms with E-state index in [-0.39, 0.29) is 5.91 Å². The molecule has 4 rings (SSSR count). The Labute approximate surface area is 170 Å². The topological polar surface area (TPSA) is 76.1 Å². The quantitative estimate of drug-likeness (QED) is 0.717. The number of nitrogens with one attached hydrogen (secondary N) is 2. The highest BCUT2D eigenvalue weighted by atomic mass is 16.5. The van der Waals surface area contributed by atoms with Gasteiger partial charge in [0.2, 0.25) is 0 Å². The van der Waals surface area contributed by atoms with Crippen LogP contribution in [0.5, 0.6) is 5.75 Å². The summed E-state index contributed by atoms with van der Waals surface area (Å²) in [6, 6.07) is 11.7. The first-order valence-electron chi connectivity index (χ1n) is 9.89. The number of ether oxygens (including phenoxy) is 1. The van der Waals surface area contributed by atoms with Crippen molar-refractivity contribution in [3.63, 3.8) is 0 Å². The van der Waals surface area contributed by atoms with Crippen LogP contribution in [0.15, 0.2) is 36.4 Å². The molecule has 0 saturated heterocycles. The third-order valence-electron chi connectivity index (χ3n) is 5.24. The van der Waals surface area contributed by atoms with E-state index in [4.69, 9.17) is 9.72 Å². The van der Waals surface area contributed by atoms with Crippen molar-refractivity contribution >= 4 is 16.8 Å². The Morgan fingerprint density at radius 3 is 2.76 bits per heavy atom. The minimum Gasteiger partial charge on any atom is -0.491 e. The number of benzene rings is 2. The summed E-state index contributed by atoms with van der Waals surface area (Å²) >= 11 is 0. The van der Waals surface area contributed by atoms with Crippen LogP contribution < -0.4 is 15.4 Å². The second-order valence-corrected chi connectivity index (χ2v) is 7.99. The predicted octanol–water partition coefficient (Wildman–Crippen LogP) is 3.39. The number of amides is 1. The molecule has 1 amide bonds. The number of hydrogen-bond acceptors (Lipinski definition) is 5. The van der Waals surface area contributed by atoms with E-state index >= 15 is 0 Å². The van der Waals surface area contributed by atoms with Gasteiger partial charge in [0.05, 0.1) is 22.3 Å². The average molecular weight is 390 g/mol. The fourth-order valence-corrected chi connectivity index (χ4v) is 3.82. The first-order chi connectivity index (χ1) is 13.9. The largest absolute Gasteiger partial charge is 0.491 e. The molecule has 6 heteroatoms. The van der Waals surface area contributed by atoms with Gasteiger partial charge in [0, 0.05) is 24.0 Å². The van der Waals surface area contributed by atoms with Crippen LogP contribution >= 0.6 is 0 Å². The normalized spacial score (nSPS) is 14.1. The van der Waals surface area contributed by atoms with Crippen molar-refractivity contribution in [2.24, 2.45) is 0 Å². The van der Waals surface area contributed by atoms with E-state index in [1.54, 1.807) is 0 Å². The summed E-state index contributed by atoms with van der Waals surface area (Å²) in [5, 5.41) is 7.42. The van der Waals surface area contributed by atoms with E-state index in [1.807, 2.05) is 64.1 Å². The van der Waals surface area contributed by atoms with Crippen LogP contribution in [0, 0.1) is 13.8 Å². The van der Waals surface area contributed by atoms with Gasteiger partial charge in [-0.15, -0.1) is 0 Å².